The molecule has 3 N–H and O–H groups in total. The van der Waals surface area contributed by atoms with Gasteiger partial charge >= 0.3 is 0 Å². The van der Waals surface area contributed by atoms with Gasteiger partial charge in [-0.3, -0.25) is 0 Å². The number of hydrogen-bond acceptors (Lipinski definition) is 3. The van der Waals surface area contributed by atoms with E-state index in [0.717, 1.165) is 30.6 Å². The van der Waals surface area contributed by atoms with Crippen molar-refractivity contribution < 1.29 is 5.11 Å². The number of benzene rings is 1. The minimum atomic E-state index is 0.239. The van der Waals surface area contributed by atoms with E-state index in [1.54, 1.807) is 0 Å². The van der Waals surface area contributed by atoms with Gasteiger partial charge in [0.05, 0.1) is 10.7 Å². The van der Waals surface area contributed by atoms with Crippen molar-refractivity contribution in [2.24, 2.45) is 0 Å². The molecular formula is C14H21ClN2O. The van der Waals surface area contributed by atoms with Crippen LogP contribution < -0.4 is 10.6 Å². The van der Waals surface area contributed by atoms with Gasteiger partial charge in [-0.25, -0.2) is 0 Å². The number of aliphatic hydroxyl groups excluding tert-OH is 1. The molecule has 3 nitrogen and oxygen atoms in total. The van der Waals surface area contributed by atoms with Crippen molar-refractivity contribution in [1.29, 1.82) is 0 Å². The number of aryl methyl sites for hydroxylation is 1. The maximum atomic E-state index is 9.18. The van der Waals surface area contributed by atoms with Gasteiger partial charge in [0.1, 0.15) is 0 Å². The van der Waals surface area contributed by atoms with Gasteiger partial charge in [0.25, 0.3) is 0 Å². The predicted octanol–water partition coefficient (Wildman–Crippen LogP) is 2.97. The number of rotatable bonds is 3. The molecule has 18 heavy (non-hydrogen) atoms. The highest BCUT2D eigenvalue weighted by molar-refractivity contribution is 6.33. The van der Waals surface area contributed by atoms with Crippen molar-refractivity contribution in [2.75, 3.05) is 23.8 Å². The van der Waals surface area contributed by atoms with Crippen molar-refractivity contribution in [3.63, 3.8) is 0 Å². The van der Waals surface area contributed by atoms with E-state index in [4.69, 9.17) is 17.3 Å². The van der Waals surface area contributed by atoms with Gasteiger partial charge in [-0.2, -0.15) is 0 Å². The van der Waals surface area contributed by atoms with Crippen LogP contribution >= 0.6 is 11.6 Å². The van der Waals surface area contributed by atoms with E-state index in [9.17, 15) is 5.11 Å². The maximum absolute atomic E-state index is 9.18. The van der Waals surface area contributed by atoms with Crippen LogP contribution in [0.1, 0.15) is 31.2 Å². The van der Waals surface area contributed by atoms with Crippen molar-refractivity contribution >= 4 is 23.0 Å². The first-order chi connectivity index (χ1) is 8.63. The molecule has 0 bridgehead atoms. The topological polar surface area (TPSA) is 49.5 Å². The SMILES string of the molecule is Cc1cc(N)c(Cl)cc1N1CCCCC1CCO. The number of nitrogens with zero attached hydrogens (tertiary/aromatic N) is 1. The van der Waals surface area contributed by atoms with E-state index in [0.29, 0.717) is 16.8 Å². The third-order valence-corrected chi connectivity index (χ3v) is 4.04. The number of nitrogen functional groups attached to an aromatic ring is 1. The smallest absolute Gasteiger partial charge is 0.0656 e. The molecular weight excluding hydrogens is 248 g/mol. The summed E-state index contributed by atoms with van der Waals surface area (Å²) in [7, 11) is 0. The summed E-state index contributed by atoms with van der Waals surface area (Å²) in [6.45, 7) is 3.33. The third kappa shape index (κ3) is 2.73. The van der Waals surface area contributed by atoms with E-state index in [2.05, 4.69) is 11.8 Å². The number of nitrogens with two attached hydrogens (primary N) is 1. The highest BCUT2D eigenvalue weighted by Crippen LogP contribution is 2.33. The van der Waals surface area contributed by atoms with Crippen LogP contribution in [0.4, 0.5) is 11.4 Å². The standard InChI is InChI=1S/C14H21ClN2O/c1-10-8-13(16)12(15)9-14(10)17-6-3-2-4-11(17)5-7-18/h8-9,11,18H,2-7,16H2,1H3. The second kappa shape index (κ2) is 5.81. The first kappa shape index (κ1) is 13.5. The zero-order valence-electron chi connectivity index (χ0n) is 10.8. The number of piperidine rings is 1. The average molecular weight is 269 g/mol. The van der Waals surface area contributed by atoms with Crippen LogP contribution in [-0.2, 0) is 0 Å². The lowest BCUT2D eigenvalue weighted by Crippen LogP contribution is -2.40. The Kier molecular flexibility index (Phi) is 4.36. The summed E-state index contributed by atoms with van der Waals surface area (Å²) in [6, 6.07) is 4.31. The molecule has 100 valence electrons. The summed E-state index contributed by atoms with van der Waals surface area (Å²) in [6.07, 6.45) is 4.40. The Bertz CT molecular complexity index is 421. The Morgan fingerprint density at radius 3 is 2.94 bits per heavy atom. The molecule has 0 spiro atoms. The van der Waals surface area contributed by atoms with Gasteiger partial charge in [-0.05, 0) is 50.3 Å². The average Bonchev–Trinajstić information content (AvgIpc) is 2.35. The Morgan fingerprint density at radius 1 is 1.44 bits per heavy atom. The summed E-state index contributed by atoms with van der Waals surface area (Å²) >= 11 is 6.13. The maximum Gasteiger partial charge on any atom is 0.0656 e. The van der Waals surface area contributed by atoms with Crippen LogP contribution in [-0.4, -0.2) is 24.3 Å². The highest BCUT2D eigenvalue weighted by Gasteiger charge is 2.23. The normalized spacial score (nSPS) is 20.2. The van der Waals surface area contributed by atoms with Gasteiger partial charge in [0.15, 0.2) is 0 Å². The minimum absolute atomic E-state index is 0.239. The number of aliphatic hydroxyl groups is 1. The molecule has 1 heterocycles. The minimum Gasteiger partial charge on any atom is -0.398 e. The molecule has 0 aliphatic carbocycles. The van der Waals surface area contributed by atoms with Crippen molar-refractivity contribution in [2.45, 2.75) is 38.6 Å². The Labute approximate surface area is 114 Å². The molecule has 1 unspecified atom stereocenters. The molecule has 0 amide bonds. The molecule has 4 heteroatoms. The fourth-order valence-corrected chi connectivity index (χ4v) is 2.93. The van der Waals surface area contributed by atoms with Gasteiger partial charge in [0, 0.05) is 24.9 Å². The van der Waals surface area contributed by atoms with Crippen LogP contribution in [0.2, 0.25) is 5.02 Å². The number of halogens is 1. The Balaban J connectivity index is 2.30. The van der Waals surface area contributed by atoms with Crippen LogP contribution in [0, 0.1) is 6.92 Å². The molecule has 1 atom stereocenters. The largest absolute Gasteiger partial charge is 0.398 e. The lowest BCUT2D eigenvalue weighted by molar-refractivity contribution is 0.262. The van der Waals surface area contributed by atoms with Crippen LogP contribution in [0.15, 0.2) is 12.1 Å². The molecule has 1 aromatic carbocycles. The predicted molar refractivity (Wildman–Crippen MR) is 77.3 cm³/mol. The summed E-state index contributed by atoms with van der Waals surface area (Å²) in [5.41, 5.74) is 8.77. The van der Waals surface area contributed by atoms with Crippen molar-refractivity contribution in [1.82, 2.24) is 0 Å². The zero-order valence-corrected chi connectivity index (χ0v) is 11.6. The van der Waals surface area contributed by atoms with Gasteiger partial charge < -0.3 is 15.7 Å². The van der Waals surface area contributed by atoms with Gasteiger partial charge in [-0.15, -0.1) is 0 Å². The fourth-order valence-electron chi connectivity index (χ4n) is 2.77. The van der Waals surface area contributed by atoms with Crippen molar-refractivity contribution in [3.8, 4) is 0 Å². The Morgan fingerprint density at radius 2 is 2.22 bits per heavy atom. The lowest BCUT2D eigenvalue weighted by atomic mass is 9.97. The van der Waals surface area contributed by atoms with Gasteiger partial charge in [-0.1, -0.05) is 11.6 Å². The van der Waals surface area contributed by atoms with E-state index in [1.165, 1.54) is 12.8 Å². The zero-order chi connectivity index (χ0) is 13.1. The number of anilines is 2. The third-order valence-electron chi connectivity index (χ3n) is 3.71. The molecule has 1 aliphatic rings. The molecule has 0 saturated carbocycles. The summed E-state index contributed by atoms with van der Waals surface area (Å²) < 4.78 is 0. The fraction of sp³-hybridized carbons (Fsp3) is 0.571. The second-order valence-corrected chi connectivity index (χ2v) is 5.42. The molecule has 0 aromatic heterocycles. The second-order valence-electron chi connectivity index (χ2n) is 5.02. The molecule has 1 fully saturated rings. The molecule has 0 radical (unpaired) electrons. The van der Waals surface area contributed by atoms with Crippen LogP contribution in [0.5, 0.6) is 0 Å². The monoisotopic (exact) mass is 268 g/mol. The molecule has 1 saturated heterocycles. The van der Waals surface area contributed by atoms with Crippen molar-refractivity contribution in [3.05, 3.63) is 22.7 Å². The molecule has 2 rings (SSSR count). The van der Waals surface area contributed by atoms with E-state index < -0.39 is 0 Å². The van der Waals surface area contributed by atoms with Crippen LogP contribution in [0.25, 0.3) is 0 Å². The van der Waals surface area contributed by atoms with Crippen LogP contribution in [0.3, 0.4) is 0 Å². The van der Waals surface area contributed by atoms with Gasteiger partial charge in [0.2, 0.25) is 0 Å². The molecule has 1 aromatic rings. The highest BCUT2D eigenvalue weighted by atomic mass is 35.5. The lowest BCUT2D eigenvalue weighted by Gasteiger charge is -2.38. The number of hydrogen-bond donors (Lipinski definition) is 2. The summed E-state index contributed by atoms with van der Waals surface area (Å²) in [5, 5.41) is 9.79. The summed E-state index contributed by atoms with van der Waals surface area (Å²) in [4.78, 5) is 2.38. The first-order valence-electron chi connectivity index (χ1n) is 6.56. The summed E-state index contributed by atoms with van der Waals surface area (Å²) in [5.74, 6) is 0. The first-order valence-corrected chi connectivity index (χ1v) is 6.94. The quantitative estimate of drug-likeness (QED) is 0.829. The Hall–Kier alpha value is -0.930. The van der Waals surface area contributed by atoms with E-state index in [-0.39, 0.29) is 6.61 Å². The van der Waals surface area contributed by atoms with E-state index >= 15 is 0 Å². The van der Waals surface area contributed by atoms with E-state index in [1.807, 2.05) is 12.1 Å². The molecule has 1 aliphatic heterocycles.